The van der Waals surface area contributed by atoms with Crippen LogP contribution in [0.4, 0.5) is 4.39 Å². The van der Waals surface area contributed by atoms with Gasteiger partial charge >= 0.3 is 0 Å². The number of nitrogens with one attached hydrogen (secondary N) is 1. The number of ether oxygens (including phenoxy) is 1. The van der Waals surface area contributed by atoms with E-state index >= 15 is 0 Å². The summed E-state index contributed by atoms with van der Waals surface area (Å²) in [5.74, 6) is -0.403. The van der Waals surface area contributed by atoms with Crippen molar-refractivity contribution in [2.24, 2.45) is 0 Å². The molecule has 0 aliphatic carbocycles. The average Bonchev–Trinajstić information content (AvgIpc) is 2.33. The monoisotopic (exact) mass is 317 g/mol. The zero-order chi connectivity index (χ0) is 13.2. The highest BCUT2D eigenvalue weighted by Gasteiger charge is 2.31. The van der Waals surface area contributed by atoms with Gasteiger partial charge in [0.2, 0.25) is 0 Å². The summed E-state index contributed by atoms with van der Waals surface area (Å²) in [5.41, 5.74) is -0.907. The normalized spacial score (nSPS) is 23.7. The van der Waals surface area contributed by atoms with Crippen molar-refractivity contribution in [3.63, 3.8) is 0 Å². The van der Waals surface area contributed by atoms with E-state index in [9.17, 15) is 9.50 Å². The second-order valence-electron chi connectivity index (χ2n) is 4.81. The molecule has 2 atom stereocenters. The van der Waals surface area contributed by atoms with Crippen LogP contribution < -0.4 is 5.32 Å². The Labute approximate surface area is 114 Å². The van der Waals surface area contributed by atoms with E-state index in [2.05, 4.69) is 21.2 Å². The highest BCUT2D eigenvalue weighted by Crippen LogP contribution is 2.31. The third-order valence-corrected chi connectivity index (χ3v) is 3.79. The fourth-order valence-corrected chi connectivity index (χ4v) is 2.63. The molecule has 1 aromatic carbocycles. The van der Waals surface area contributed by atoms with E-state index in [1.807, 2.05) is 0 Å². The van der Waals surface area contributed by atoms with Crippen molar-refractivity contribution in [2.75, 3.05) is 19.8 Å². The van der Waals surface area contributed by atoms with Gasteiger partial charge in [-0.15, -0.1) is 0 Å². The molecule has 18 heavy (non-hydrogen) atoms. The van der Waals surface area contributed by atoms with Gasteiger partial charge in [-0.05, 0) is 35.3 Å². The SMILES string of the molecule is CC(O)(CC1COCCN1)c1cccc(Br)c1F. The Kier molecular flexibility index (Phi) is 4.37. The number of benzene rings is 1. The van der Waals surface area contributed by atoms with Crippen LogP contribution >= 0.6 is 15.9 Å². The molecular weight excluding hydrogens is 301 g/mol. The predicted molar refractivity (Wildman–Crippen MR) is 70.9 cm³/mol. The first kappa shape index (κ1) is 13.9. The quantitative estimate of drug-likeness (QED) is 0.897. The summed E-state index contributed by atoms with van der Waals surface area (Å²) in [4.78, 5) is 0. The summed E-state index contributed by atoms with van der Waals surface area (Å²) < 4.78 is 19.7. The van der Waals surface area contributed by atoms with Crippen LogP contribution in [0.3, 0.4) is 0 Å². The first-order valence-corrected chi connectivity index (χ1v) is 6.78. The molecule has 1 fully saturated rings. The van der Waals surface area contributed by atoms with Gasteiger partial charge in [0.25, 0.3) is 0 Å². The van der Waals surface area contributed by atoms with Crippen LogP contribution in [0, 0.1) is 5.82 Å². The van der Waals surface area contributed by atoms with Crippen LogP contribution in [0.15, 0.2) is 22.7 Å². The smallest absolute Gasteiger partial charge is 0.143 e. The van der Waals surface area contributed by atoms with Crippen molar-refractivity contribution in [3.8, 4) is 0 Å². The van der Waals surface area contributed by atoms with E-state index in [-0.39, 0.29) is 6.04 Å². The molecule has 1 heterocycles. The molecule has 2 rings (SSSR count). The van der Waals surface area contributed by atoms with Gasteiger partial charge in [-0.1, -0.05) is 12.1 Å². The zero-order valence-corrected chi connectivity index (χ0v) is 11.8. The Balaban J connectivity index is 2.16. The lowest BCUT2D eigenvalue weighted by Crippen LogP contribution is -2.45. The molecule has 1 saturated heterocycles. The van der Waals surface area contributed by atoms with E-state index in [0.29, 0.717) is 29.7 Å². The van der Waals surface area contributed by atoms with E-state index in [1.165, 1.54) is 0 Å². The summed E-state index contributed by atoms with van der Waals surface area (Å²) in [6, 6.07) is 5.01. The molecule has 0 radical (unpaired) electrons. The summed E-state index contributed by atoms with van der Waals surface area (Å²) in [5, 5.41) is 13.7. The molecule has 0 bridgehead atoms. The van der Waals surface area contributed by atoms with E-state index in [1.54, 1.807) is 25.1 Å². The lowest BCUT2D eigenvalue weighted by molar-refractivity contribution is 0.00104. The zero-order valence-electron chi connectivity index (χ0n) is 10.2. The Morgan fingerprint density at radius 1 is 1.61 bits per heavy atom. The molecule has 100 valence electrons. The highest BCUT2D eigenvalue weighted by molar-refractivity contribution is 9.10. The molecule has 0 saturated carbocycles. The second kappa shape index (κ2) is 5.65. The van der Waals surface area contributed by atoms with Gasteiger partial charge in [0.05, 0.1) is 23.3 Å². The third kappa shape index (κ3) is 3.09. The van der Waals surface area contributed by atoms with Gasteiger partial charge in [-0.25, -0.2) is 4.39 Å². The molecule has 1 aliphatic heterocycles. The van der Waals surface area contributed by atoms with Crippen molar-refractivity contribution in [1.82, 2.24) is 5.32 Å². The van der Waals surface area contributed by atoms with Crippen molar-refractivity contribution in [1.29, 1.82) is 0 Å². The van der Waals surface area contributed by atoms with Crippen molar-refractivity contribution in [2.45, 2.75) is 25.0 Å². The maximum absolute atomic E-state index is 14.0. The highest BCUT2D eigenvalue weighted by atomic mass is 79.9. The molecule has 1 aliphatic rings. The Morgan fingerprint density at radius 3 is 3.06 bits per heavy atom. The van der Waals surface area contributed by atoms with E-state index in [4.69, 9.17) is 4.74 Å². The van der Waals surface area contributed by atoms with Gasteiger partial charge in [-0.3, -0.25) is 0 Å². The maximum Gasteiger partial charge on any atom is 0.143 e. The summed E-state index contributed by atoms with van der Waals surface area (Å²) in [7, 11) is 0. The van der Waals surface area contributed by atoms with Crippen molar-refractivity contribution in [3.05, 3.63) is 34.1 Å². The van der Waals surface area contributed by atoms with Gasteiger partial charge in [0.15, 0.2) is 0 Å². The summed E-state index contributed by atoms with van der Waals surface area (Å²) >= 11 is 3.14. The Hall–Kier alpha value is -0.490. The van der Waals surface area contributed by atoms with Crippen LogP contribution in [0.5, 0.6) is 0 Å². The number of rotatable bonds is 3. The molecule has 5 heteroatoms. The van der Waals surface area contributed by atoms with Crippen LogP contribution in [-0.2, 0) is 10.3 Å². The van der Waals surface area contributed by atoms with Crippen LogP contribution in [0.25, 0.3) is 0 Å². The Morgan fingerprint density at radius 2 is 2.39 bits per heavy atom. The first-order valence-electron chi connectivity index (χ1n) is 5.99. The number of hydrogen-bond acceptors (Lipinski definition) is 3. The number of halogens is 2. The topological polar surface area (TPSA) is 41.5 Å². The third-order valence-electron chi connectivity index (χ3n) is 3.17. The minimum Gasteiger partial charge on any atom is -0.385 e. The minimum atomic E-state index is -1.22. The lowest BCUT2D eigenvalue weighted by Gasteiger charge is -2.32. The number of morpholine rings is 1. The first-order chi connectivity index (χ1) is 8.50. The molecule has 2 unspecified atom stereocenters. The standard InChI is InChI=1S/C13H17BrFNO2/c1-13(17,7-9-8-18-6-5-16-9)10-3-2-4-11(14)12(10)15/h2-4,9,16-17H,5-8H2,1H3. The maximum atomic E-state index is 14.0. The van der Waals surface area contributed by atoms with Crippen LogP contribution in [0.1, 0.15) is 18.9 Å². The van der Waals surface area contributed by atoms with Crippen molar-refractivity contribution < 1.29 is 14.2 Å². The summed E-state index contributed by atoms with van der Waals surface area (Å²) in [6.07, 6.45) is 0.417. The molecule has 0 amide bonds. The van der Waals surface area contributed by atoms with Gasteiger partial charge in [0.1, 0.15) is 5.82 Å². The summed E-state index contributed by atoms with van der Waals surface area (Å²) in [6.45, 7) is 3.63. The lowest BCUT2D eigenvalue weighted by atomic mass is 9.88. The fraction of sp³-hybridized carbons (Fsp3) is 0.538. The number of aliphatic hydroxyl groups is 1. The van der Waals surface area contributed by atoms with Crippen LogP contribution in [-0.4, -0.2) is 30.9 Å². The Bertz CT molecular complexity index is 419. The van der Waals surface area contributed by atoms with Gasteiger partial charge in [-0.2, -0.15) is 0 Å². The second-order valence-corrected chi connectivity index (χ2v) is 5.66. The predicted octanol–water partition coefficient (Wildman–Crippen LogP) is 2.17. The van der Waals surface area contributed by atoms with Gasteiger partial charge < -0.3 is 15.2 Å². The fourth-order valence-electron chi connectivity index (χ4n) is 2.26. The molecule has 0 spiro atoms. The molecule has 1 aromatic rings. The molecular formula is C13H17BrFNO2. The molecule has 0 aromatic heterocycles. The van der Waals surface area contributed by atoms with E-state index < -0.39 is 11.4 Å². The van der Waals surface area contributed by atoms with Crippen molar-refractivity contribution >= 4 is 15.9 Å². The average molecular weight is 318 g/mol. The van der Waals surface area contributed by atoms with E-state index in [0.717, 1.165) is 6.54 Å². The molecule has 3 nitrogen and oxygen atoms in total. The largest absolute Gasteiger partial charge is 0.385 e. The molecule has 2 N–H and O–H groups in total. The minimum absolute atomic E-state index is 0.0483. The van der Waals surface area contributed by atoms with Crippen LogP contribution in [0.2, 0.25) is 0 Å². The number of hydrogen-bond donors (Lipinski definition) is 2. The van der Waals surface area contributed by atoms with Gasteiger partial charge in [0, 0.05) is 18.2 Å².